The van der Waals surface area contributed by atoms with Gasteiger partial charge in [-0.15, -0.1) is 0 Å². The van der Waals surface area contributed by atoms with Gasteiger partial charge >= 0.3 is 0 Å². The molecule has 0 aromatic heterocycles. The van der Waals surface area contributed by atoms with Crippen molar-refractivity contribution in [3.8, 4) is 0 Å². The molecule has 0 spiro atoms. The van der Waals surface area contributed by atoms with E-state index in [2.05, 4.69) is 0 Å². The lowest BCUT2D eigenvalue weighted by atomic mass is 10.1. The van der Waals surface area contributed by atoms with Crippen molar-refractivity contribution in [1.82, 2.24) is 4.90 Å². The van der Waals surface area contributed by atoms with Gasteiger partial charge in [0, 0.05) is 6.42 Å². The van der Waals surface area contributed by atoms with Gasteiger partial charge in [0.05, 0.1) is 24.8 Å². The molecule has 1 aliphatic heterocycles. The number of nitrogens with zero attached hydrogens (tertiary/aromatic N) is 1. The molecule has 5 nitrogen and oxygen atoms in total. The van der Waals surface area contributed by atoms with Crippen LogP contribution in [0.25, 0.3) is 0 Å². The first-order valence-corrected chi connectivity index (χ1v) is 5.55. The highest BCUT2D eigenvalue weighted by Gasteiger charge is 2.31. The van der Waals surface area contributed by atoms with Crippen LogP contribution in [0.2, 0.25) is 0 Å². The van der Waals surface area contributed by atoms with Crippen molar-refractivity contribution in [2.24, 2.45) is 5.73 Å². The molecule has 92 valence electrons. The highest BCUT2D eigenvalue weighted by Crippen LogP contribution is 2.12. The molecular weight excluding hydrogens is 208 g/mol. The van der Waals surface area contributed by atoms with E-state index in [0.29, 0.717) is 26.0 Å². The van der Waals surface area contributed by atoms with E-state index in [1.54, 1.807) is 0 Å². The number of carbonyl (C=O) groups is 2. The quantitative estimate of drug-likeness (QED) is 0.704. The number of hydrogen-bond donors (Lipinski definition) is 1. The lowest BCUT2D eigenvalue weighted by molar-refractivity contribution is -0.151. The number of likely N-dealkylation sites (tertiary alicyclic amines) is 1. The summed E-state index contributed by atoms with van der Waals surface area (Å²) in [5, 5.41) is 0. The van der Waals surface area contributed by atoms with Gasteiger partial charge in [0.2, 0.25) is 11.8 Å². The summed E-state index contributed by atoms with van der Waals surface area (Å²) in [6, 6.07) is -0.535. The minimum atomic E-state index is -0.535. The monoisotopic (exact) mass is 228 g/mol. The third-order valence-electron chi connectivity index (χ3n) is 2.40. The summed E-state index contributed by atoms with van der Waals surface area (Å²) in [6.07, 6.45) is 0.802. The van der Waals surface area contributed by atoms with Crippen molar-refractivity contribution < 1.29 is 14.3 Å². The lowest BCUT2D eigenvalue weighted by Crippen LogP contribution is -2.52. The zero-order valence-electron chi connectivity index (χ0n) is 10.2. The van der Waals surface area contributed by atoms with Crippen molar-refractivity contribution in [2.45, 2.75) is 45.3 Å². The van der Waals surface area contributed by atoms with E-state index in [0.717, 1.165) is 0 Å². The predicted molar refractivity (Wildman–Crippen MR) is 59.6 cm³/mol. The Hall–Kier alpha value is -0.940. The zero-order valence-corrected chi connectivity index (χ0v) is 10.2. The highest BCUT2D eigenvalue weighted by atomic mass is 16.5. The van der Waals surface area contributed by atoms with Crippen molar-refractivity contribution in [3.63, 3.8) is 0 Å². The molecule has 5 heteroatoms. The molecule has 0 bridgehead atoms. The topological polar surface area (TPSA) is 72.6 Å². The summed E-state index contributed by atoms with van der Waals surface area (Å²) in [4.78, 5) is 24.3. The van der Waals surface area contributed by atoms with Crippen molar-refractivity contribution in [2.75, 3.05) is 13.2 Å². The first-order valence-electron chi connectivity index (χ1n) is 5.55. The van der Waals surface area contributed by atoms with E-state index < -0.39 is 6.04 Å². The summed E-state index contributed by atoms with van der Waals surface area (Å²) in [5.74, 6) is -0.432. The summed E-state index contributed by atoms with van der Waals surface area (Å²) >= 11 is 0. The smallest absolute Gasteiger partial charge is 0.246 e. The normalized spacial score (nSPS) is 22.8. The lowest BCUT2D eigenvalue weighted by Gasteiger charge is -2.29. The molecule has 1 unspecified atom stereocenters. The summed E-state index contributed by atoms with van der Waals surface area (Å²) in [6.45, 7) is 6.44. The van der Waals surface area contributed by atoms with Gasteiger partial charge in [0.25, 0.3) is 0 Å². The minimum absolute atomic E-state index is 0.149. The molecule has 0 radical (unpaired) electrons. The summed E-state index contributed by atoms with van der Waals surface area (Å²) in [5.41, 5.74) is 5.34. The van der Waals surface area contributed by atoms with Gasteiger partial charge in [0.15, 0.2) is 0 Å². The molecule has 1 rings (SSSR count). The Balaban J connectivity index is 2.45. The fourth-order valence-electron chi connectivity index (χ4n) is 1.54. The molecule has 1 saturated heterocycles. The second-order valence-corrected chi connectivity index (χ2v) is 4.99. The third kappa shape index (κ3) is 3.57. The second-order valence-electron chi connectivity index (χ2n) is 4.99. The number of carbonyl (C=O) groups excluding carboxylic acids is 2. The number of amides is 2. The number of piperidine rings is 1. The van der Waals surface area contributed by atoms with Crippen LogP contribution in [0.3, 0.4) is 0 Å². The Kier molecular flexibility index (Phi) is 4.04. The predicted octanol–water partition coefficient (Wildman–Crippen LogP) is 0.278. The third-order valence-corrected chi connectivity index (χ3v) is 2.40. The second kappa shape index (κ2) is 4.93. The van der Waals surface area contributed by atoms with Crippen LogP contribution in [0.4, 0.5) is 0 Å². The van der Waals surface area contributed by atoms with E-state index in [1.807, 2.05) is 20.8 Å². The first-order chi connectivity index (χ1) is 7.31. The van der Waals surface area contributed by atoms with E-state index in [4.69, 9.17) is 10.5 Å². The van der Waals surface area contributed by atoms with E-state index in [1.165, 1.54) is 4.90 Å². The van der Waals surface area contributed by atoms with Crippen LogP contribution in [0.5, 0.6) is 0 Å². The van der Waals surface area contributed by atoms with E-state index in [-0.39, 0.29) is 17.4 Å². The average molecular weight is 228 g/mol. The summed E-state index contributed by atoms with van der Waals surface area (Å²) < 4.78 is 5.48. The maximum Gasteiger partial charge on any atom is 0.246 e. The minimum Gasteiger partial charge on any atom is -0.374 e. The summed E-state index contributed by atoms with van der Waals surface area (Å²) in [7, 11) is 0. The van der Waals surface area contributed by atoms with Crippen LogP contribution in [0.1, 0.15) is 33.6 Å². The van der Waals surface area contributed by atoms with Gasteiger partial charge in [-0.25, -0.2) is 0 Å². The number of rotatable bonds is 3. The standard InChI is InChI=1S/C11H20N2O3/c1-11(2,3)16-7-6-13-9(14)5-4-8(12)10(13)15/h8H,4-7,12H2,1-3H3. The fraction of sp³-hybridized carbons (Fsp3) is 0.818. The Bertz CT molecular complexity index is 283. The molecule has 1 aliphatic rings. The van der Waals surface area contributed by atoms with Crippen LogP contribution < -0.4 is 5.73 Å². The largest absolute Gasteiger partial charge is 0.374 e. The van der Waals surface area contributed by atoms with Gasteiger partial charge in [-0.2, -0.15) is 0 Å². The Labute approximate surface area is 95.9 Å². The van der Waals surface area contributed by atoms with Crippen molar-refractivity contribution in [1.29, 1.82) is 0 Å². The molecule has 1 heterocycles. The molecule has 0 aliphatic carbocycles. The Morgan fingerprint density at radius 3 is 2.62 bits per heavy atom. The Morgan fingerprint density at radius 1 is 1.44 bits per heavy atom. The molecule has 2 N–H and O–H groups in total. The van der Waals surface area contributed by atoms with Crippen LogP contribution in [-0.4, -0.2) is 41.5 Å². The molecule has 0 aromatic rings. The molecule has 2 amide bonds. The van der Waals surface area contributed by atoms with Gasteiger partial charge in [0.1, 0.15) is 0 Å². The molecule has 16 heavy (non-hydrogen) atoms. The van der Waals surface area contributed by atoms with Gasteiger partial charge in [-0.3, -0.25) is 14.5 Å². The van der Waals surface area contributed by atoms with Crippen molar-refractivity contribution >= 4 is 11.8 Å². The first kappa shape index (κ1) is 13.1. The van der Waals surface area contributed by atoms with Crippen LogP contribution in [0, 0.1) is 0 Å². The van der Waals surface area contributed by atoms with Gasteiger partial charge < -0.3 is 10.5 Å². The van der Waals surface area contributed by atoms with Crippen LogP contribution in [-0.2, 0) is 14.3 Å². The fourth-order valence-corrected chi connectivity index (χ4v) is 1.54. The molecule has 1 fully saturated rings. The molecule has 1 atom stereocenters. The molecule has 0 saturated carbocycles. The van der Waals surface area contributed by atoms with E-state index in [9.17, 15) is 9.59 Å². The van der Waals surface area contributed by atoms with Gasteiger partial charge in [-0.05, 0) is 27.2 Å². The number of nitrogens with two attached hydrogens (primary N) is 1. The van der Waals surface area contributed by atoms with Crippen molar-refractivity contribution in [3.05, 3.63) is 0 Å². The average Bonchev–Trinajstić information content (AvgIpc) is 2.16. The Morgan fingerprint density at radius 2 is 2.06 bits per heavy atom. The molecule has 0 aromatic carbocycles. The molecular formula is C11H20N2O3. The number of hydrogen-bond acceptors (Lipinski definition) is 4. The van der Waals surface area contributed by atoms with Gasteiger partial charge in [-0.1, -0.05) is 0 Å². The maximum absolute atomic E-state index is 11.6. The number of imide groups is 1. The van der Waals surface area contributed by atoms with Crippen LogP contribution in [0.15, 0.2) is 0 Å². The zero-order chi connectivity index (χ0) is 12.3. The highest BCUT2D eigenvalue weighted by molar-refractivity contribution is 6.00. The van der Waals surface area contributed by atoms with Crippen LogP contribution >= 0.6 is 0 Å². The maximum atomic E-state index is 11.6. The van der Waals surface area contributed by atoms with E-state index >= 15 is 0 Å². The number of ether oxygens (including phenoxy) is 1. The SMILES string of the molecule is CC(C)(C)OCCN1C(=O)CCC(N)C1=O.